The predicted molar refractivity (Wildman–Crippen MR) is 87.3 cm³/mol. The molecule has 1 amide bonds. The summed E-state index contributed by atoms with van der Waals surface area (Å²) >= 11 is 0. The van der Waals surface area contributed by atoms with Gasteiger partial charge in [-0.1, -0.05) is 47.6 Å². The zero-order valence-corrected chi connectivity index (χ0v) is 12.9. The highest BCUT2D eigenvalue weighted by Gasteiger charge is 2.29. The Kier molecular flexibility index (Phi) is 4.57. The van der Waals surface area contributed by atoms with Gasteiger partial charge in [0, 0.05) is 18.5 Å². The lowest BCUT2D eigenvalue weighted by atomic mass is 10.0. The van der Waals surface area contributed by atoms with Gasteiger partial charge in [0.2, 0.25) is 6.10 Å². The Labute approximate surface area is 134 Å². The van der Waals surface area contributed by atoms with Crippen molar-refractivity contribution in [1.82, 2.24) is 5.32 Å². The number of carbonyl (C=O) groups is 1. The van der Waals surface area contributed by atoms with E-state index < -0.39 is 6.10 Å². The number of nitrogens with zero attached hydrogens (tertiary/aromatic N) is 1. The van der Waals surface area contributed by atoms with Gasteiger partial charge >= 0.3 is 0 Å². The summed E-state index contributed by atoms with van der Waals surface area (Å²) in [5, 5.41) is 6.92. The minimum atomic E-state index is -0.598. The number of hydrogen-bond acceptors (Lipinski definition) is 4. The van der Waals surface area contributed by atoms with Gasteiger partial charge in [-0.2, -0.15) is 0 Å². The summed E-state index contributed by atoms with van der Waals surface area (Å²) in [6.07, 6.45) is -0.167. The molecule has 118 valence electrons. The van der Waals surface area contributed by atoms with Gasteiger partial charge in [0.15, 0.2) is 0 Å². The lowest BCUT2D eigenvalue weighted by molar-refractivity contribution is -0.131. The molecular weight excluding hydrogens is 292 g/mol. The maximum atomic E-state index is 12.2. The zero-order valence-electron chi connectivity index (χ0n) is 12.9. The van der Waals surface area contributed by atoms with Gasteiger partial charge in [0.05, 0.1) is 12.8 Å². The number of para-hydroxylation sites is 1. The van der Waals surface area contributed by atoms with E-state index in [1.165, 1.54) is 0 Å². The van der Waals surface area contributed by atoms with E-state index in [1.54, 1.807) is 7.11 Å². The highest BCUT2D eigenvalue weighted by molar-refractivity contribution is 6.05. The molecule has 0 spiro atoms. The minimum Gasteiger partial charge on any atom is -0.496 e. The SMILES string of the molecule is COc1ccccc1C1=NO[C@@H](C(=O)NCc2ccccc2)C1. The fourth-order valence-electron chi connectivity index (χ4n) is 2.46. The van der Waals surface area contributed by atoms with Crippen LogP contribution < -0.4 is 10.1 Å². The molecule has 0 aliphatic carbocycles. The highest BCUT2D eigenvalue weighted by Crippen LogP contribution is 2.24. The van der Waals surface area contributed by atoms with E-state index >= 15 is 0 Å². The second-order valence-corrected chi connectivity index (χ2v) is 5.24. The highest BCUT2D eigenvalue weighted by atomic mass is 16.6. The summed E-state index contributed by atoms with van der Waals surface area (Å²) in [7, 11) is 1.61. The average Bonchev–Trinajstić information content (AvgIpc) is 3.10. The van der Waals surface area contributed by atoms with Gasteiger partial charge in [-0.05, 0) is 17.7 Å². The van der Waals surface area contributed by atoms with E-state index in [0.29, 0.717) is 13.0 Å². The molecule has 1 heterocycles. The van der Waals surface area contributed by atoms with E-state index in [9.17, 15) is 4.79 Å². The standard InChI is InChI=1S/C18H18N2O3/c1-22-16-10-6-5-9-14(16)15-11-17(23-20-15)18(21)19-12-13-7-3-2-4-8-13/h2-10,17H,11-12H2,1H3,(H,19,21)/t17-/m1/s1. The first kappa shape index (κ1) is 15.1. The molecule has 2 aromatic carbocycles. The first-order chi connectivity index (χ1) is 11.3. The summed E-state index contributed by atoms with van der Waals surface area (Å²) in [5.74, 6) is 0.558. The van der Waals surface area contributed by atoms with Crippen molar-refractivity contribution < 1.29 is 14.4 Å². The van der Waals surface area contributed by atoms with E-state index in [2.05, 4.69) is 10.5 Å². The van der Waals surface area contributed by atoms with Crippen LogP contribution in [0.5, 0.6) is 5.75 Å². The number of methoxy groups -OCH3 is 1. The fourth-order valence-corrected chi connectivity index (χ4v) is 2.46. The van der Waals surface area contributed by atoms with Gasteiger partial charge in [0.1, 0.15) is 5.75 Å². The largest absolute Gasteiger partial charge is 0.496 e. The topological polar surface area (TPSA) is 59.9 Å². The smallest absolute Gasteiger partial charge is 0.264 e. The number of nitrogens with one attached hydrogen (secondary N) is 1. The molecule has 0 unspecified atom stereocenters. The fraction of sp³-hybridized carbons (Fsp3) is 0.222. The molecule has 1 aliphatic rings. The van der Waals surface area contributed by atoms with Crippen LogP contribution in [0.3, 0.4) is 0 Å². The van der Waals surface area contributed by atoms with Crippen LogP contribution in [0.25, 0.3) is 0 Å². The van der Waals surface area contributed by atoms with Crippen LogP contribution in [-0.4, -0.2) is 24.8 Å². The quantitative estimate of drug-likeness (QED) is 0.923. The van der Waals surface area contributed by atoms with Crippen molar-refractivity contribution in [2.75, 3.05) is 7.11 Å². The van der Waals surface area contributed by atoms with Gasteiger partial charge in [0.25, 0.3) is 5.91 Å². The lowest BCUT2D eigenvalue weighted by Gasteiger charge is -2.10. The van der Waals surface area contributed by atoms with Crippen molar-refractivity contribution in [2.45, 2.75) is 19.1 Å². The van der Waals surface area contributed by atoms with Crippen molar-refractivity contribution in [1.29, 1.82) is 0 Å². The van der Waals surface area contributed by atoms with Gasteiger partial charge in [-0.15, -0.1) is 0 Å². The molecule has 0 fully saturated rings. The Balaban J connectivity index is 1.59. The lowest BCUT2D eigenvalue weighted by Crippen LogP contribution is -2.34. The van der Waals surface area contributed by atoms with E-state index in [4.69, 9.17) is 9.57 Å². The van der Waals surface area contributed by atoms with Crippen molar-refractivity contribution in [3.63, 3.8) is 0 Å². The molecule has 0 saturated carbocycles. The second kappa shape index (κ2) is 6.96. The second-order valence-electron chi connectivity index (χ2n) is 5.24. The number of ether oxygens (including phenoxy) is 1. The molecule has 5 heteroatoms. The van der Waals surface area contributed by atoms with Crippen LogP contribution in [0, 0.1) is 0 Å². The third-order valence-corrected chi connectivity index (χ3v) is 3.69. The monoisotopic (exact) mass is 310 g/mol. The Bertz CT molecular complexity index is 713. The third-order valence-electron chi connectivity index (χ3n) is 3.69. The molecule has 1 N–H and O–H groups in total. The van der Waals surface area contributed by atoms with Crippen LogP contribution in [0.2, 0.25) is 0 Å². The van der Waals surface area contributed by atoms with Crippen molar-refractivity contribution in [2.24, 2.45) is 5.16 Å². The molecular formula is C18H18N2O3. The van der Waals surface area contributed by atoms with Crippen LogP contribution in [0.4, 0.5) is 0 Å². The number of rotatable bonds is 5. The molecule has 0 aromatic heterocycles. The first-order valence-electron chi connectivity index (χ1n) is 7.45. The van der Waals surface area contributed by atoms with E-state index in [-0.39, 0.29) is 5.91 Å². The zero-order chi connectivity index (χ0) is 16.1. The molecule has 0 bridgehead atoms. The summed E-state index contributed by atoms with van der Waals surface area (Å²) < 4.78 is 5.32. The maximum Gasteiger partial charge on any atom is 0.264 e. The Hall–Kier alpha value is -2.82. The molecule has 23 heavy (non-hydrogen) atoms. The molecule has 1 atom stereocenters. The van der Waals surface area contributed by atoms with E-state index in [0.717, 1.165) is 22.6 Å². The molecule has 3 rings (SSSR count). The third kappa shape index (κ3) is 3.51. The molecule has 5 nitrogen and oxygen atoms in total. The number of amides is 1. The van der Waals surface area contributed by atoms with Gasteiger partial charge < -0.3 is 14.9 Å². The Morgan fingerprint density at radius 1 is 1.22 bits per heavy atom. The maximum absolute atomic E-state index is 12.2. The van der Waals surface area contributed by atoms with Crippen LogP contribution in [0.1, 0.15) is 17.5 Å². The predicted octanol–water partition coefficient (Wildman–Crippen LogP) is 2.50. The molecule has 2 aromatic rings. The van der Waals surface area contributed by atoms with Crippen molar-refractivity contribution in [3.8, 4) is 5.75 Å². The summed E-state index contributed by atoms with van der Waals surface area (Å²) in [6.45, 7) is 0.476. The van der Waals surface area contributed by atoms with Gasteiger partial charge in [-0.3, -0.25) is 4.79 Å². The first-order valence-corrected chi connectivity index (χ1v) is 7.45. The number of hydrogen-bond donors (Lipinski definition) is 1. The summed E-state index contributed by atoms with van der Waals surface area (Å²) in [5.41, 5.74) is 2.63. The van der Waals surface area contributed by atoms with Crippen LogP contribution >= 0.6 is 0 Å². The van der Waals surface area contributed by atoms with Crippen molar-refractivity contribution in [3.05, 3.63) is 65.7 Å². The normalized spacial score (nSPS) is 16.4. The Morgan fingerprint density at radius 3 is 2.74 bits per heavy atom. The van der Waals surface area contributed by atoms with E-state index in [1.807, 2.05) is 54.6 Å². The number of oxime groups is 1. The molecule has 1 aliphatic heterocycles. The van der Waals surface area contributed by atoms with Crippen LogP contribution in [-0.2, 0) is 16.2 Å². The minimum absolute atomic E-state index is 0.164. The molecule has 0 saturated heterocycles. The average molecular weight is 310 g/mol. The van der Waals surface area contributed by atoms with Gasteiger partial charge in [-0.25, -0.2) is 0 Å². The van der Waals surface area contributed by atoms with Crippen molar-refractivity contribution >= 4 is 11.6 Å². The summed E-state index contributed by atoms with van der Waals surface area (Å²) in [4.78, 5) is 17.5. The number of carbonyl (C=O) groups excluding carboxylic acids is 1. The Morgan fingerprint density at radius 2 is 1.96 bits per heavy atom. The van der Waals surface area contributed by atoms with Crippen LogP contribution in [0.15, 0.2) is 59.8 Å². The summed E-state index contributed by atoms with van der Waals surface area (Å²) in [6, 6.07) is 17.3. The molecule has 0 radical (unpaired) electrons. The number of benzene rings is 2.